The third-order valence-corrected chi connectivity index (χ3v) is 11.5. The predicted octanol–water partition coefficient (Wildman–Crippen LogP) is -2.88. The molecule has 2 aromatic heterocycles. The molecule has 1 aliphatic heterocycles. The van der Waals surface area contributed by atoms with E-state index in [1.54, 1.807) is 50.3 Å². The number of nitrogens with zero attached hydrogens (tertiary/aromatic N) is 6. The molecule has 78 heavy (non-hydrogen) atoms. The van der Waals surface area contributed by atoms with E-state index in [0.29, 0.717) is 60.6 Å². The van der Waals surface area contributed by atoms with Gasteiger partial charge >= 0.3 is 5.97 Å². The fourth-order valence-electron chi connectivity index (χ4n) is 7.60. The molecule has 1 fully saturated rings. The Labute approximate surface area is 452 Å². The molecule has 0 radical (unpaired) electrons. The second kappa shape index (κ2) is 34.2. The Morgan fingerprint density at radius 3 is 2.13 bits per heavy atom. The average molecular weight is 1100 g/mol. The predicted molar refractivity (Wildman–Crippen MR) is 286 cm³/mol. The number of aliphatic carboxylic acids is 1. The number of amides is 6. The van der Waals surface area contributed by atoms with Gasteiger partial charge in [0.05, 0.1) is 51.4 Å². The minimum absolute atomic E-state index is 0.0310. The second-order valence-electron chi connectivity index (χ2n) is 18.6. The average Bonchev–Trinajstić information content (AvgIpc) is 3.97. The van der Waals surface area contributed by atoms with Crippen molar-refractivity contribution in [2.75, 3.05) is 66.4 Å². The van der Waals surface area contributed by atoms with Crippen LogP contribution < -0.4 is 58.3 Å². The van der Waals surface area contributed by atoms with Crippen molar-refractivity contribution in [1.82, 2.24) is 56.7 Å². The number of imidazole rings is 1. The number of carboxylic acids is 1. The number of aliphatic hydroxyl groups excluding tert-OH is 2. The highest BCUT2D eigenvalue weighted by molar-refractivity contribution is 5.95. The zero-order valence-electron chi connectivity index (χ0n) is 45.7. The number of aliphatic hydroxyl groups is 2. The van der Waals surface area contributed by atoms with Crippen LogP contribution in [0.15, 0.2) is 41.9 Å². The Morgan fingerprint density at radius 2 is 1.56 bits per heavy atom. The number of aromatic nitrogens is 4. The van der Waals surface area contributed by atoms with Crippen LogP contribution in [0.25, 0.3) is 11.2 Å². The number of nitrogens with one attached hydrogen (secondary N) is 7. The Bertz CT molecular complexity index is 2420. The van der Waals surface area contributed by atoms with Gasteiger partial charge in [0.25, 0.3) is 6.47 Å². The van der Waals surface area contributed by atoms with Crippen LogP contribution in [0.2, 0.25) is 0 Å². The maximum atomic E-state index is 14.3. The maximum absolute atomic E-state index is 14.3. The van der Waals surface area contributed by atoms with Crippen LogP contribution >= 0.6 is 0 Å². The molecule has 0 saturated carbocycles. The summed E-state index contributed by atoms with van der Waals surface area (Å²) >= 11 is 0. The molecule has 3 aromatic rings. The minimum atomic E-state index is -1.77. The molecule has 1 aromatic carbocycles. The molecule has 8 unspecified atom stereocenters. The van der Waals surface area contributed by atoms with Crippen LogP contribution in [0, 0.1) is 0 Å². The quantitative estimate of drug-likeness (QED) is 0.0144. The second-order valence-corrected chi connectivity index (χ2v) is 18.6. The number of hydrogen-bond donors (Lipinski definition) is 12. The zero-order chi connectivity index (χ0) is 58.5. The van der Waals surface area contributed by atoms with Crippen LogP contribution in [-0.2, 0) is 54.3 Å². The first-order chi connectivity index (χ1) is 37.1. The molecule has 3 heterocycles. The van der Waals surface area contributed by atoms with Crippen molar-refractivity contribution in [3.63, 3.8) is 0 Å². The van der Waals surface area contributed by atoms with Crippen molar-refractivity contribution in [3.05, 3.63) is 42.5 Å². The Morgan fingerprint density at radius 1 is 0.897 bits per heavy atom. The third-order valence-electron chi connectivity index (χ3n) is 11.5. The first-order valence-electron chi connectivity index (χ1n) is 25.0. The lowest BCUT2D eigenvalue weighted by molar-refractivity contribution is -0.143. The van der Waals surface area contributed by atoms with E-state index < -0.39 is 104 Å². The number of anilines is 1. The van der Waals surface area contributed by atoms with E-state index in [1.165, 1.54) is 38.3 Å². The van der Waals surface area contributed by atoms with Gasteiger partial charge in [-0.25, -0.2) is 19.7 Å². The fraction of sp³-hybridized carbons (Fsp3) is 0.592. The van der Waals surface area contributed by atoms with Gasteiger partial charge in [-0.1, -0.05) is 12.1 Å². The molecule has 1 aliphatic rings. The molecule has 6 amide bonds. The van der Waals surface area contributed by atoms with Gasteiger partial charge in [0.2, 0.25) is 35.4 Å². The first-order valence-corrected chi connectivity index (χ1v) is 25.0. The third kappa shape index (κ3) is 22.2. The van der Waals surface area contributed by atoms with Gasteiger partial charge in [0.1, 0.15) is 48.0 Å². The SMILES string of the molecule is CC(C)(C)OC=O.CN.CNC(CCCN=CN)C(=O)NCC(=O)NC(CC(=O)NC(CCCCNC(C)=O)C(=O)NC(Cc1ccc(OC)cc1)C(=O)NC1C(CO)OC(n2cnc3c(N(C)C)ncnc32)C1O)C(=O)O. The number of carbonyl (C=O) groups is 8. The largest absolute Gasteiger partial charge is 0.497 e. The lowest BCUT2D eigenvalue weighted by Crippen LogP contribution is -2.58. The van der Waals surface area contributed by atoms with E-state index in [9.17, 15) is 53.7 Å². The molecule has 0 spiro atoms. The summed E-state index contributed by atoms with van der Waals surface area (Å²) in [5, 5.41) is 50.1. The number of methoxy groups -OCH3 is 1. The molecular weight excluding hydrogens is 1020 g/mol. The van der Waals surface area contributed by atoms with Gasteiger partial charge in [-0.15, -0.1) is 0 Å². The zero-order valence-corrected chi connectivity index (χ0v) is 45.7. The first kappa shape index (κ1) is 66.5. The highest BCUT2D eigenvalue weighted by Crippen LogP contribution is 2.33. The molecular formula is C49H79N15O14. The number of fused-ring (bicyclic) bond motifs is 1. The van der Waals surface area contributed by atoms with Crippen LogP contribution in [0.3, 0.4) is 0 Å². The topological polar surface area (TPSA) is 420 Å². The van der Waals surface area contributed by atoms with Gasteiger partial charge < -0.3 is 83.1 Å². The smallest absolute Gasteiger partial charge is 0.326 e. The number of ether oxygens (including phenoxy) is 3. The number of likely N-dealkylation sites (N-methyl/N-ethyl adjacent to an activating group) is 1. The Balaban J connectivity index is 0.00000213. The van der Waals surface area contributed by atoms with Crippen molar-refractivity contribution in [3.8, 4) is 5.75 Å². The standard InChI is InChI=1S/C43H64N14O12.C5H10O2.CH5N/c1-24(59)47-16-7-6-9-28(52-32(60)18-30(43(66)67)53-33(61)19-48-39(63)27(45-2)10-8-15-46-21-44)40(64)54-29(17-25-11-13-26(68-5)14-12-25)41(65)55-34-31(20-58)69-42(36(34)62)57-23-51-35-37(56(3)4)49-22-50-38(35)57;1-5(2,3)7-4-6;1-2/h11-14,21-23,27-31,34,36,42,45,58,62H,6-10,15-20H2,1-5H3,(H2,44,46)(H,47,59)(H,48,63)(H,52,60)(H,53,61)(H,54,64)(H,55,65)(H,66,67);4H,1-3H3;2H2,1H3. The van der Waals surface area contributed by atoms with E-state index in [-0.39, 0.29) is 37.3 Å². The monoisotopic (exact) mass is 1100 g/mol. The van der Waals surface area contributed by atoms with Crippen molar-refractivity contribution in [2.45, 2.75) is 127 Å². The highest BCUT2D eigenvalue weighted by atomic mass is 16.5. The van der Waals surface area contributed by atoms with Crippen LogP contribution in [0.5, 0.6) is 5.75 Å². The number of rotatable bonds is 29. The normalized spacial score (nSPS) is 17.3. The van der Waals surface area contributed by atoms with Gasteiger partial charge in [-0.2, -0.15) is 0 Å². The lowest BCUT2D eigenvalue weighted by atomic mass is 10.0. The number of carbonyl (C=O) groups excluding carboxylic acids is 7. The maximum Gasteiger partial charge on any atom is 0.326 e. The number of carboxylic acid groups (broad SMARTS) is 1. The Hall–Kier alpha value is -7.60. The van der Waals surface area contributed by atoms with Gasteiger partial charge in [-0.05, 0) is 84.7 Å². The Kier molecular flexibility index (Phi) is 29.2. The van der Waals surface area contributed by atoms with Gasteiger partial charge in [-0.3, -0.25) is 43.1 Å². The highest BCUT2D eigenvalue weighted by Gasteiger charge is 2.46. The van der Waals surface area contributed by atoms with Gasteiger partial charge in [0.15, 0.2) is 23.2 Å². The molecule has 0 aliphatic carbocycles. The summed E-state index contributed by atoms with van der Waals surface area (Å²) in [6.45, 7) is 6.67. The van der Waals surface area contributed by atoms with Crippen molar-refractivity contribution >= 4 is 71.2 Å². The molecule has 8 atom stereocenters. The summed E-state index contributed by atoms with van der Waals surface area (Å²) in [4.78, 5) is 119. The summed E-state index contributed by atoms with van der Waals surface area (Å²) in [6, 6.07) is 0.245. The molecule has 29 heteroatoms. The summed E-state index contributed by atoms with van der Waals surface area (Å²) in [6.07, 6.45) is 0.679. The van der Waals surface area contributed by atoms with E-state index in [0.717, 1.165) is 6.34 Å². The van der Waals surface area contributed by atoms with Crippen LogP contribution in [0.4, 0.5) is 5.82 Å². The van der Waals surface area contributed by atoms with Crippen LogP contribution in [0.1, 0.15) is 78.0 Å². The molecule has 4 rings (SSSR count). The number of hydrogen-bond acceptors (Lipinski definition) is 20. The van der Waals surface area contributed by atoms with E-state index in [4.69, 9.17) is 15.2 Å². The van der Waals surface area contributed by atoms with Crippen molar-refractivity contribution < 1.29 is 67.9 Å². The van der Waals surface area contributed by atoms with E-state index >= 15 is 0 Å². The van der Waals surface area contributed by atoms with Crippen molar-refractivity contribution in [1.29, 1.82) is 0 Å². The summed E-state index contributed by atoms with van der Waals surface area (Å²) in [5.41, 5.74) is 10.7. The number of benzene rings is 1. The lowest BCUT2D eigenvalue weighted by Gasteiger charge is -2.27. The van der Waals surface area contributed by atoms with E-state index in [1.807, 2.05) is 20.8 Å². The molecule has 14 N–H and O–H groups in total. The number of nitrogens with two attached hydrogens (primary N) is 2. The van der Waals surface area contributed by atoms with Crippen LogP contribution in [-0.4, -0.2) is 199 Å². The molecule has 434 valence electrons. The summed E-state index contributed by atoms with van der Waals surface area (Å²) in [7, 11) is 8.09. The molecule has 1 saturated heterocycles. The van der Waals surface area contributed by atoms with Crippen molar-refractivity contribution in [2.24, 2.45) is 16.5 Å². The molecule has 29 nitrogen and oxygen atoms in total. The fourth-order valence-corrected chi connectivity index (χ4v) is 7.60. The summed E-state index contributed by atoms with van der Waals surface area (Å²) < 4.78 is 17.3. The minimum Gasteiger partial charge on any atom is -0.497 e. The van der Waals surface area contributed by atoms with Gasteiger partial charge in [0, 0.05) is 40.5 Å². The van der Waals surface area contributed by atoms with E-state index in [2.05, 4.69) is 67.6 Å². The number of aliphatic imine (C=N–C) groups is 1. The number of unbranched alkanes of at least 4 members (excludes halogenated alkanes) is 1. The molecule has 0 bridgehead atoms. The summed E-state index contributed by atoms with van der Waals surface area (Å²) in [5.74, 6) is -4.83.